The molecule has 0 radical (unpaired) electrons. The third kappa shape index (κ3) is 5.08. The van der Waals surface area contributed by atoms with Gasteiger partial charge in [-0.15, -0.1) is 0 Å². The van der Waals surface area contributed by atoms with Crippen molar-refractivity contribution in [3.63, 3.8) is 0 Å². The van der Waals surface area contributed by atoms with E-state index < -0.39 is 12.2 Å². The lowest BCUT2D eigenvalue weighted by Gasteiger charge is -2.23. The lowest BCUT2D eigenvalue weighted by Crippen LogP contribution is -2.33. The van der Waals surface area contributed by atoms with Crippen molar-refractivity contribution in [2.24, 2.45) is 0 Å². The van der Waals surface area contributed by atoms with Gasteiger partial charge in [-0.05, 0) is 61.3 Å². The van der Waals surface area contributed by atoms with Crippen LogP contribution in [-0.4, -0.2) is 42.4 Å². The summed E-state index contributed by atoms with van der Waals surface area (Å²) in [7, 11) is 0. The molecule has 1 saturated heterocycles. The number of β-amino-alcohol motifs (C(OH)–C–C–N with tert-alkyl or cyclic N) is 1. The minimum atomic E-state index is -0.596. The van der Waals surface area contributed by atoms with Crippen molar-refractivity contribution in [2.45, 2.75) is 25.0 Å². The number of nitrogens with zero attached hydrogens (tertiary/aromatic N) is 1. The van der Waals surface area contributed by atoms with Gasteiger partial charge in [-0.1, -0.05) is 24.3 Å². The SMILES string of the molecule is O[C@H](COC(c1ccc(F)cc1)c1ccc(F)cc1)CN1CCCC1. The number of aliphatic hydroxyl groups is 1. The second-order valence-corrected chi connectivity index (χ2v) is 6.48. The molecule has 2 aromatic carbocycles. The number of aliphatic hydroxyl groups excluding tert-OH is 1. The van der Waals surface area contributed by atoms with E-state index in [1.807, 2.05) is 0 Å². The van der Waals surface area contributed by atoms with E-state index in [-0.39, 0.29) is 18.2 Å². The second-order valence-electron chi connectivity index (χ2n) is 6.48. The molecule has 2 aromatic rings. The van der Waals surface area contributed by atoms with E-state index >= 15 is 0 Å². The molecule has 0 aromatic heterocycles. The van der Waals surface area contributed by atoms with E-state index in [1.54, 1.807) is 24.3 Å². The maximum absolute atomic E-state index is 13.2. The number of ether oxygens (including phenoxy) is 1. The average molecular weight is 347 g/mol. The molecule has 0 spiro atoms. The Labute approximate surface area is 146 Å². The van der Waals surface area contributed by atoms with Crippen LogP contribution in [0.15, 0.2) is 48.5 Å². The van der Waals surface area contributed by atoms with Gasteiger partial charge in [0.05, 0.1) is 12.7 Å². The maximum Gasteiger partial charge on any atom is 0.123 e. The molecule has 25 heavy (non-hydrogen) atoms. The van der Waals surface area contributed by atoms with Crippen molar-refractivity contribution < 1.29 is 18.6 Å². The van der Waals surface area contributed by atoms with Crippen molar-refractivity contribution >= 4 is 0 Å². The summed E-state index contributed by atoms with van der Waals surface area (Å²) in [6, 6.07) is 12.1. The Balaban J connectivity index is 1.69. The van der Waals surface area contributed by atoms with Gasteiger partial charge < -0.3 is 14.7 Å². The fourth-order valence-electron chi connectivity index (χ4n) is 3.18. The monoisotopic (exact) mass is 347 g/mol. The molecule has 1 aliphatic rings. The molecule has 3 nitrogen and oxygen atoms in total. The zero-order chi connectivity index (χ0) is 17.6. The zero-order valence-electron chi connectivity index (χ0n) is 14.1. The zero-order valence-corrected chi connectivity index (χ0v) is 14.1. The maximum atomic E-state index is 13.2. The van der Waals surface area contributed by atoms with Crippen LogP contribution in [0.2, 0.25) is 0 Å². The molecule has 0 amide bonds. The van der Waals surface area contributed by atoms with Gasteiger partial charge in [0.15, 0.2) is 0 Å². The van der Waals surface area contributed by atoms with Crippen LogP contribution in [0.1, 0.15) is 30.1 Å². The van der Waals surface area contributed by atoms with Crippen LogP contribution in [-0.2, 0) is 4.74 Å². The van der Waals surface area contributed by atoms with Gasteiger partial charge in [-0.3, -0.25) is 0 Å². The van der Waals surface area contributed by atoms with Crippen LogP contribution in [0.25, 0.3) is 0 Å². The van der Waals surface area contributed by atoms with Crippen molar-refractivity contribution in [3.8, 4) is 0 Å². The molecule has 1 fully saturated rings. The first-order valence-corrected chi connectivity index (χ1v) is 8.65. The predicted molar refractivity (Wildman–Crippen MR) is 92.3 cm³/mol. The van der Waals surface area contributed by atoms with Crippen LogP contribution in [0.3, 0.4) is 0 Å². The van der Waals surface area contributed by atoms with Gasteiger partial charge in [-0.25, -0.2) is 8.78 Å². The second kappa shape index (κ2) is 8.52. The molecule has 1 atom stereocenters. The van der Waals surface area contributed by atoms with Crippen LogP contribution < -0.4 is 0 Å². The first-order chi connectivity index (χ1) is 12.1. The molecule has 3 rings (SSSR count). The van der Waals surface area contributed by atoms with Crippen molar-refractivity contribution in [2.75, 3.05) is 26.2 Å². The highest BCUT2D eigenvalue weighted by molar-refractivity contribution is 5.30. The Morgan fingerprint density at radius 1 is 0.880 bits per heavy atom. The van der Waals surface area contributed by atoms with Gasteiger partial charge in [0.2, 0.25) is 0 Å². The highest BCUT2D eigenvalue weighted by atomic mass is 19.1. The molecule has 1 aliphatic heterocycles. The van der Waals surface area contributed by atoms with E-state index in [0.29, 0.717) is 6.54 Å². The van der Waals surface area contributed by atoms with Gasteiger partial charge in [0.1, 0.15) is 17.7 Å². The van der Waals surface area contributed by atoms with E-state index in [2.05, 4.69) is 4.90 Å². The highest BCUT2D eigenvalue weighted by Crippen LogP contribution is 2.27. The number of hydrogen-bond acceptors (Lipinski definition) is 3. The topological polar surface area (TPSA) is 32.7 Å². The summed E-state index contributed by atoms with van der Waals surface area (Å²) >= 11 is 0. The van der Waals surface area contributed by atoms with Crippen molar-refractivity contribution in [1.82, 2.24) is 4.90 Å². The van der Waals surface area contributed by atoms with Gasteiger partial charge in [0.25, 0.3) is 0 Å². The Morgan fingerprint density at radius 2 is 1.36 bits per heavy atom. The van der Waals surface area contributed by atoms with Crippen LogP contribution in [0.5, 0.6) is 0 Å². The lowest BCUT2D eigenvalue weighted by molar-refractivity contribution is -0.00575. The normalized spacial score (nSPS) is 16.5. The van der Waals surface area contributed by atoms with Crippen molar-refractivity contribution in [1.29, 1.82) is 0 Å². The first kappa shape index (κ1) is 18.0. The minimum absolute atomic E-state index is 0.163. The molecule has 1 heterocycles. The van der Waals surface area contributed by atoms with E-state index in [0.717, 1.165) is 24.2 Å². The van der Waals surface area contributed by atoms with E-state index in [4.69, 9.17) is 4.74 Å². The van der Waals surface area contributed by atoms with Crippen LogP contribution in [0, 0.1) is 11.6 Å². The van der Waals surface area contributed by atoms with Crippen LogP contribution >= 0.6 is 0 Å². The molecule has 1 N–H and O–H groups in total. The summed E-state index contributed by atoms with van der Waals surface area (Å²) in [5.74, 6) is -0.647. The Kier molecular flexibility index (Phi) is 6.13. The Morgan fingerprint density at radius 3 is 1.84 bits per heavy atom. The Bertz CT molecular complexity index is 609. The number of hydrogen-bond donors (Lipinski definition) is 1. The van der Waals surface area contributed by atoms with Crippen molar-refractivity contribution in [3.05, 3.63) is 71.3 Å². The first-order valence-electron chi connectivity index (χ1n) is 8.65. The van der Waals surface area contributed by atoms with Crippen LogP contribution in [0.4, 0.5) is 8.78 Å². The standard InChI is InChI=1S/C20H23F2NO2/c21-17-7-3-15(4-8-17)20(16-5-9-18(22)10-6-16)25-14-19(24)13-23-11-1-2-12-23/h3-10,19-20,24H,1-2,11-14H2/t19-/m0/s1. The summed E-state index contributed by atoms with van der Waals surface area (Å²) in [6.07, 6.45) is 1.26. The molecule has 5 heteroatoms. The Hall–Kier alpha value is -1.82. The summed E-state index contributed by atoms with van der Waals surface area (Å²) in [6.45, 7) is 2.77. The number of rotatable bonds is 7. The quantitative estimate of drug-likeness (QED) is 0.832. The molecular weight excluding hydrogens is 324 g/mol. The fraction of sp³-hybridized carbons (Fsp3) is 0.400. The summed E-state index contributed by atoms with van der Waals surface area (Å²) < 4.78 is 32.4. The molecule has 134 valence electrons. The highest BCUT2D eigenvalue weighted by Gasteiger charge is 2.20. The molecule has 0 unspecified atom stereocenters. The third-order valence-corrected chi connectivity index (χ3v) is 4.47. The van der Waals surface area contributed by atoms with Gasteiger partial charge in [0, 0.05) is 6.54 Å². The summed E-state index contributed by atoms with van der Waals surface area (Å²) in [4.78, 5) is 2.22. The minimum Gasteiger partial charge on any atom is -0.389 e. The lowest BCUT2D eigenvalue weighted by atomic mass is 10.0. The summed E-state index contributed by atoms with van der Waals surface area (Å²) in [5, 5.41) is 10.3. The third-order valence-electron chi connectivity index (χ3n) is 4.47. The predicted octanol–water partition coefficient (Wildman–Crippen LogP) is 3.53. The number of likely N-dealkylation sites (tertiary alicyclic amines) is 1. The summed E-state index contributed by atoms with van der Waals surface area (Å²) in [5.41, 5.74) is 1.53. The smallest absolute Gasteiger partial charge is 0.123 e. The van der Waals surface area contributed by atoms with Gasteiger partial charge >= 0.3 is 0 Å². The molecule has 0 bridgehead atoms. The largest absolute Gasteiger partial charge is 0.389 e. The number of halogens is 2. The number of benzene rings is 2. The molecule has 0 saturated carbocycles. The van der Waals surface area contributed by atoms with E-state index in [9.17, 15) is 13.9 Å². The van der Waals surface area contributed by atoms with E-state index in [1.165, 1.54) is 37.1 Å². The molecule has 0 aliphatic carbocycles. The average Bonchev–Trinajstić information content (AvgIpc) is 3.11. The fourth-order valence-corrected chi connectivity index (χ4v) is 3.18. The molecular formula is C20H23F2NO2. The van der Waals surface area contributed by atoms with Gasteiger partial charge in [-0.2, -0.15) is 0 Å².